The van der Waals surface area contributed by atoms with Crippen LogP contribution in [0, 0.1) is 0 Å². The average molecular weight is 626 g/mol. The number of hydrogen-bond donors (Lipinski definition) is 0. The van der Waals surface area contributed by atoms with E-state index in [4.69, 9.17) is 10.2 Å². The van der Waals surface area contributed by atoms with Gasteiger partial charge in [-0.3, -0.25) is 0 Å². The molecule has 230 valence electrons. The van der Waals surface area contributed by atoms with Gasteiger partial charge in [-0.15, -0.1) is 10.2 Å². The fraction of sp³-hybridized carbons (Fsp3) is 0.0217. The van der Waals surface area contributed by atoms with Crippen molar-refractivity contribution >= 4 is 0 Å². The van der Waals surface area contributed by atoms with E-state index < -0.39 is 0 Å². The summed E-state index contributed by atoms with van der Waals surface area (Å²) in [6.45, 7) is 0. The third kappa shape index (κ3) is 5.04. The molecule has 0 spiro atoms. The fourth-order valence-electron chi connectivity index (χ4n) is 7.41. The molecule has 1 aromatic heterocycles. The summed E-state index contributed by atoms with van der Waals surface area (Å²) in [5, 5.41) is 14.3. The van der Waals surface area contributed by atoms with E-state index in [1.54, 1.807) is 0 Å². The van der Waals surface area contributed by atoms with Crippen LogP contribution in [-0.2, 0) is 6.42 Å². The first-order valence-electron chi connectivity index (χ1n) is 16.7. The molecule has 0 unspecified atom stereocenters. The molecular weight excluding hydrogens is 595 g/mol. The van der Waals surface area contributed by atoms with Crippen molar-refractivity contribution in [3.05, 3.63) is 187 Å². The highest BCUT2D eigenvalue weighted by Crippen LogP contribution is 2.53. The van der Waals surface area contributed by atoms with Crippen molar-refractivity contribution in [2.45, 2.75) is 6.42 Å². The van der Waals surface area contributed by atoms with Crippen molar-refractivity contribution in [1.29, 1.82) is 0 Å². The summed E-state index contributed by atoms with van der Waals surface area (Å²) in [4.78, 5) is 0. The molecule has 49 heavy (non-hydrogen) atoms. The van der Waals surface area contributed by atoms with Crippen LogP contribution in [0.4, 0.5) is 0 Å². The van der Waals surface area contributed by atoms with E-state index in [-0.39, 0.29) is 0 Å². The standard InChI is InChI=1S/C46H31N3/c1-5-17-31(18-6-1)36-26-15-16-28-38(36)46-44(45(47-49-48-46)34-23-11-4-12-24-34)43-41-29-35-25-13-14-27-37(35)40(41)30-39(32-19-7-2-8-20-32)42(43)33-21-9-3-10-22-33/h1-28,30H,29H2. The highest BCUT2D eigenvalue weighted by molar-refractivity contribution is 6.07. The van der Waals surface area contributed by atoms with Crippen LogP contribution in [0.2, 0.25) is 0 Å². The van der Waals surface area contributed by atoms with Crippen molar-refractivity contribution in [3.63, 3.8) is 0 Å². The van der Waals surface area contributed by atoms with E-state index in [0.29, 0.717) is 0 Å². The second kappa shape index (κ2) is 12.3. The molecule has 0 radical (unpaired) electrons. The Morgan fingerprint density at radius 3 is 1.47 bits per heavy atom. The molecule has 0 amide bonds. The number of rotatable bonds is 6. The predicted molar refractivity (Wildman–Crippen MR) is 201 cm³/mol. The lowest BCUT2D eigenvalue weighted by Gasteiger charge is -2.24. The van der Waals surface area contributed by atoms with E-state index in [2.05, 4.69) is 175 Å². The maximum atomic E-state index is 4.95. The predicted octanol–water partition coefficient (Wildman–Crippen LogP) is 11.4. The second-order valence-corrected chi connectivity index (χ2v) is 12.4. The van der Waals surface area contributed by atoms with Gasteiger partial charge in [0.1, 0.15) is 11.4 Å². The van der Waals surface area contributed by atoms with E-state index in [1.807, 2.05) is 6.07 Å². The summed E-state index contributed by atoms with van der Waals surface area (Å²) in [5.74, 6) is 0. The Hall–Kier alpha value is -6.45. The molecule has 1 aliphatic rings. The SMILES string of the molecule is c1ccc(-c2ccccc2-c2nnnc(-c3ccccc3)c2-c2c3c(cc(-c4ccccc4)c2-c2ccccc2)-c2ccccc2C3)cc1. The lowest BCUT2D eigenvalue weighted by molar-refractivity contribution is 0.878. The Morgan fingerprint density at radius 1 is 0.327 bits per heavy atom. The average Bonchev–Trinajstić information content (AvgIpc) is 3.57. The van der Waals surface area contributed by atoms with Crippen LogP contribution in [0.5, 0.6) is 0 Å². The molecule has 0 bridgehead atoms. The Morgan fingerprint density at radius 2 is 0.816 bits per heavy atom. The third-order valence-electron chi connectivity index (χ3n) is 9.58. The van der Waals surface area contributed by atoms with Crippen molar-refractivity contribution in [1.82, 2.24) is 15.4 Å². The molecule has 0 fully saturated rings. The summed E-state index contributed by atoms with van der Waals surface area (Å²) < 4.78 is 0. The first-order chi connectivity index (χ1) is 24.3. The minimum Gasteiger partial charge on any atom is -0.129 e. The summed E-state index contributed by atoms with van der Waals surface area (Å²) in [7, 11) is 0. The zero-order chi connectivity index (χ0) is 32.6. The highest BCUT2D eigenvalue weighted by atomic mass is 15.3. The minimum atomic E-state index is 0.812. The summed E-state index contributed by atoms with van der Waals surface area (Å²) in [6, 6.07) is 62.3. The third-order valence-corrected chi connectivity index (χ3v) is 9.58. The van der Waals surface area contributed by atoms with Gasteiger partial charge in [-0.1, -0.05) is 170 Å². The Labute approximate surface area is 286 Å². The van der Waals surface area contributed by atoms with Gasteiger partial charge in [-0.2, -0.15) is 0 Å². The van der Waals surface area contributed by atoms with E-state index in [9.17, 15) is 0 Å². The van der Waals surface area contributed by atoms with Crippen LogP contribution in [0.3, 0.4) is 0 Å². The van der Waals surface area contributed by atoms with Crippen LogP contribution < -0.4 is 0 Å². The number of aromatic nitrogens is 3. The molecule has 0 atom stereocenters. The van der Waals surface area contributed by atoms with Gasteiger partial charge in [-0.25, -0.2) is 0 Å². The molecule has 1 heterocycles. The van der Waals surface area contributed by atoms with E-state index in [1.165, 1.54) is 33.4 Å². The van der Waals surface area contributed by atoms with Gasteiger partial charge in [0, 0.05) is 16.7 Å². The molecule has 0 saturated heterocycles. The summed E-state index contributed by atoms with van der Waals surface area (Å²) in [5.41, 5.74) is 17.8. The van der Waals surface area contributed by atoms with E-state index in [0.717, 1.165) is 62.3 Å². The van der Waals surface area contributed by atoms with Crippen molar-refractivity contribution in [3.8, 4) is 78.1 Å². The monoisotopic (exact) mass is 625 g/mol. The smallest absolute Gasteiger partial charge is 0.105 e. The lowest BCUT2D eigenvalue weighted by Crippen LogP contribution is -2.05. The van der Waals surface area contributed by atoms with Gasteiger partial charge in [0.25, 0.3) is 0 Å². The zero-order valence-electron chi connectivity index (χ0n) is 26.8. The zero-order valence-corrected chi connectivity index (χ0v) is 26.8. The van der Waals surface area contributed by atoms with Crippen LogP contribution in [0.1, 0.15) is 11.1 Å². The molecule has 3 nitrogen and oxygen atoms in total. The molecule has 8 aromatic rings. The molecule has 9 rings (SSSR count). The first-order valence-corrected chi connectivity index (χ1v) is 16.7. The van der Waals surface area contributed by atoms with Gasteiger partial charge in [-0.05, 0) is 78.9 Å². The Kier molecular flexibility index (Phi) is 7.21. The maximum Gasteiger partial charge on any atom is 0.105 e. The number of fused-ring (bicyclic) bond motifs is 3. The van der Waals surface area contributed by atoms with E-state index >= 15 is 0 Å². The molecular formula is C46H31N3. The van der Waals surface area contributed by atoms with Crippen molar-refractivity contribution < 1.29 is 0 Å². The highest BCUT2D eigenvalue weighted by Gasteiger charge is 2.31. The first kappa shape index (κ1) is 28.7. The van der Waals surface area contributed by atoms with Gasteiger partial charge in [0.2, 0.25) is 0 Å². The molecule has 7 aromatic carbocycles. The molecule has 0 N–H and O–H groups in total. The Bertz CT molecular complexity index is 2440. The van der Waals surface area contributed by atoms with Gasteiger partial charge >= 0.3 is 0 Å². The Balaban J connectivity index is 1.48. The fourth-order valence-corrected chi connectivity index (χ4v) is 7.41. The van der Waals surface area contributed by atoms with Crippen LogP contribution >= 0.6 is 0 Å². The number of nitrogens with zero attached hydrogens (tertiary/aromatic N) is 3. The van der Waals surface area contributed by atoms with Crippen LogP contribution in [0.25, 0.3) is 78.1 Å². The van der Waals surface area contributed by atoms with Gasteiger partial charge in [0.15, 0.2) is 0 Å². The molecule has 0 aliphatic heterocycles. The lowest BCUT2D eigenvalue weighted by atomic mass is 9.80. The quantitative estimate of drug-likeness (QED) is 0.185. The molecule has 1 aliphatic carbocycles. The summed E-state index contributed by atoms with van der Waals surface area (Å²) >= 11 is 0. The van der Waals surface area contributed by atoms with Gasteiger partial charge < -0.3 is 0 Å². The topological polar surface area (TPSA) is 38.7 Å². The number of benzene rings is 7. The second-order valence-electron chi connectivity index (χ2n) is 12.4. The van der Waals surface area contributed by atoms with Gasteiger partial charge in [0.05, 0.1) is 0 Å². The van der Waals surface area contributed by atoms with Crippen LogP contribution in [0.15, 0.2) is 176 Å². The normalized spacial score (nSPS) is 11.6. The maximum absolute atomic E-state index is 4.95. The largest absolute Gasteiger partial charge is 0.129 e. The molecule has 0 saturated carbocycles. The molecule has 3 heteroatoms. The van der Waals surface area contributed by atoms with Crippen molar-refractivity contribution in [2.24, 2.45) is 0 Å². The minimum absolute atomic E-state index is 0.812. The van der Waals surface area contributed by atoms with Crippen molar-refractivity contribution in [2.75, 3.05) is 0 Å². The number of hydrogen-bond acceptors (Lipinski definition) is 3. The van der Waals surface area contributed by atoms with Crippen LogP contribution in [-0.4, -0.2) is 15.4 Å². The summed E-state index contributed by atoms with van der Waals surface area (Å²) in [6.07, 6.45) is 0.812.